The van der Waals surface area contributed by atoms with Gasteiger partial charge in [0.05, 0.1) is 12.8 Å². The molecule has 2 aromatic rings. The molecule has 24 heavy (non-hydrogen) atoms. The van der Waals surface area contributed by atoms with E-state index >= 15 is 0 Å². The summed E-state index contributed by atoms with van der Waals surface area (Å²) in [4.78, 5) is 17.2. The van der Waals surface area contributed by atoms with E-state index in [0.29, 0.717) is 12.1 Å². The molecule has 0 N–H and O–H groups in total. The number of furan rings is 1. The number of hydrogen-bond acceptors (Lipinski definition) is 3. The second kappa shape index (κ2) is 7.18. The number of rotatable bonds is 4. The number of aryl methyl sites for hydroxylation is 1. The minimum atomic E-state index is -0.384. The van der Waals surface area contributed by atoms with Gasteiger partial charge in [0.2, 0.25) is 0 Å². The van der Waals surface area contributed by atoms with Gasteiger partial charge >= 0.3 is 0 Å². The molecule has 0 aliphatic carbocycles. The third kappa shape index (κ3) is 3.67. The lowest BCUT2D eigenvalue weighted by atomic mass is 10.0. The highest BCUT2D eigenvalue weighted by atomic mass is 19.1. The van der Waals surface area contributed by atoms with E-state index in [-0.39, 0.29) is 17.8 Å². The van der Waals surface area contributed by atoms with Crippen molar-refractivity contribution in [2.24, 2.45) is 0 Å². The Hall–Kier alpha value is -2.14. The first-order chi connectivity index (χ1) is 11.5. The Morgan fingerprint density at radius 2 is 2.08 bits per heavy atom. The normalized spacial score (nSPS) is 16.3. The highest BCUT2D eigenvalue weighted by molar-refractivity contribution is 5.95. The SMILES string of the molecule is Cc1ccc(F)cc1C(=O)N(Cc1ccco1)C1CCN(C)CC1. The van der Waals surface area contributed by atoms with Crippen molar-refractivity contribution in [1.29, 1.82) is 0 Å². The Balaban J connectivity index is 1.88. The highest BCUT2D eigenvalue weighted by Crippen LogP contribution is 2.23. The Labute approximate surface area is 141 Å². The van der Waals surface area contributed by atoms with E-state index in [1.807, 2.05) is 24.0 Å². The number of carbonyl (C=O) groups is 1. The van der Waals surface area contributed by atoms with E-state index in [1.54, 1.807) is 12.3 Å². The van der Waals surface area contributed by atoms with E-state index in [1.165, 1.54) is 12.1 Å². The molecule has 0 unspecified atom stereocenters. The van der Waals surface area contributed by atoms with Crippen LogP contribution in [0.2, 0.25) is 0 Å². The molecule has 1 aliphatic heterocycles. The molecule has 5 heteroatoms. The molecule has 0 atom stereocenters. The predicted octanol–water partition coefficient (Wildman–Crippen LogP) is 3.46. The second-order valence-electron chi connectivity index (χ2n) is 6.51. The first-order valence-electron chi connectivity index (χ1n) is 8.32. The van der Waals surface area contributed by atoms with Gasteiger partial charge < -0.3 is 14.2 Å². The van der Waals surface area contributed by atoms with Gasteiger partial charge in [-0.3, -0.25) is 4.79 Å². The van der Waals surface area contributed by atoms with E-state index in [2.05, 4.69) is 11.9 Å². The lowest BCUT2D eigenvalue weighted by Gasteiger charge is -2.37. The first-order valence-corrected chi connectivity index (χ1v) is 8.32. The molecule has 0 spiro atoms. The van der Waals surface area contributed by atoms with Gasteiger partial charge in [0.1, 0.15) is 11.6 Å². The summed E-state index contributed by atoms with van der Waals surface area (Å²) in [7, 11) is 2.09. The lowest BCUT2D eigenvalue weighted by molar-refractivity contribution is 0.0549. The van der Waals surface area contributed by atoms with Gasteiger partial charge in [-0.25, -0.2) is 4.39 Å². The van der Waals surface area contributed by atoms with Gasteiger partial charge in [0.25, 0.3) is 5.91 Å². The standard InChI is InChI=1S/C19H23FN2O2/c1-14-5-6-15(20)12-18(14)19(23)22(13-17-4-3-11-24-17)16-7-9-21(2)10-8-16/h3-6,11-12,16H,7-10,13H2,1-2H3. The van der Waals surface area contributed by atoms with Crippen molar-refractivity contribution in [2.45, 2.75) is 32.4 Å². The molecule has 0 radical (unpaired) electrons. The van der Waals surface area contributed by atoms with Crippen molar-refractivity contribution in [3.8, 4) is 0 Å². The van der Waals surface area contributed by atoms with Gasteiger partial charge in [-0.1, -0.05) is 6.07 Å². The van der Waals surface area contributed by atoms with Crippen LogP contribution < -0.4 is 0 Å². The zero-order chi connectivity index (χ0) is 17.1. The summed E-state index contributed by atoms with van der Waals surface area (Å²) in [6.07, 6.45) is 3.44. The Kier molecular flexibility index (Phi) is 5.00. The minimum absolute atomic E-state index is 0.127. The fraction of sp³-hybridized carbons (Fsp3) is 0.421. The van der Waals surface area contributed by atoms with Crippen molar-refractivity contribution >= 4 is 5.91 Å². The maximum Gasteiger partial charge on any atom is 0.254 e. The van der Waals surface area contributed by atoms with E-state index in [4.69, 9.17) is 4.42 Å². The molecule has 1 amide bonds. The molecular formula is C19H23FN2O2. The van der Waals surface area contributed by atoms with Crippen LogP contribution in [0.25, 0.3) is 0 Å². The van der Waals surface area contributed by atoms with Gasteiger partial charge in [-0.2, -0.15) is 0 Å². The molecule has 128 valence electrons. The number of hydrogen-bond donors (Lipinski definition) is 0. The van der Waals surface area contributed by atoms with Crippen molar-refractivity contribution in [1.82, 2.24) is 9.80 Å². The van der Waals surface area contributed by atoms with E-state index in [0.717, 1.165) is 37.3 Å². The monoisotopic (exact) mass is 330 g/mol. The Bertz CT molecular complexity index is 691. The largest absolute Gasteiger partial charge is 0.467 e. The summed E-state index contributed by atoms with van der Waals surface area (Å²) in [6, 6.07) is 8.21. The third-order valence-corrected chi connectivity index (χ3v) is 4.73. The number of piperidine rings is 1. The maximum atomic E-state index is 13.6. The van der Waals surface area contributed by atoms with Crippen LogP contribution in [0.15, 0.2) is 41.0 Å². The second-order valence-corrected chi connectivity index (χ2v) is 6.51. The van der Waals surface area contributed by atoms with Crippen LogP contribution in [0.4, 0.5) is 4.39 Å². The third-order valence-electron chi connectivity index (χ3n) is 4.73. The van der Waals surface area contributed by atoms with Crippen LogP contribution in [0, 0.1) is 12.7 Å². The van der Waals surface area contributed by atoms with Crippen LogP contribution in [0.1, 0.15) is 34.5 Å². The molecule has 3 rings (SSSR count). The van der Waals surface area contributed by atoms with Gasteiger partial charge in [0, 0.05) is 11.6 Å². The molecule has 1 fully saturated rings. The highest BCUT2D eigenvalue weighted by Gasteiger charge is 2.29. The summed E-state index contributed by atoms with van der Waals surface area (Å²) >= 11 is 0. The number of amides is 1. The fourth-order valence-corrected chi connectivity index (χ4v) is 3.22. The average molecular weight is 330 g/mol. The summed E-state index contributed by atoms with van der Waals surface area (Å²) in [5.41, 5.74) is 1.22. The molecule has 1 aliphatic rings. The Morgan fingerprint density at radius 1 is 1.33 bits per heavy atom. The average Bonchev–Trinajstić information content (AvgIpc) is 3.08. The number of nitrogens with zero attached hydrogens (tertiary/aromatic N) is 2. The van der Waals surface area contributed by atoms with Gasteiger partial charge in [-0.15, -0.1) is 0 Å². The van der Waals surface area contributed by atoms with Crippen LogP contribution in [-0.2, 0) is 6.54 Å². The van der Waals surface area contributed by atoms with Crippen LogP contribution >= 0.6 is 0 Å². The molecule has 0 saturated carbocycles. The quantitative estimate of drug-likeness (QED) is 0.861. The molecular weight excluding hydrogens is 307 g/mol. The van der Waals surface area contributed by atoms with Crippen LogP contribution in [0.3, 0.4) is 0 Å². The first kappa shape index (κ1) is 16.7. The van der Waals surface area contributed by atoms with Crippen LogP contribution in [-0.4, -0.2) is 41.9 Å². The molecule has 1 saturated heterocycles. The van der Waals surface area contributed by atoms with Crippen molar-refractivity contribution in [3.05, 3.63) is 59.3 Å². The zero-order valence-corrected chi connectivity index (χ0v) is 14.2. The molecule has 1 aromatic carbocycles. The summed E-state index contributed by atoms with van der Waals surface area (Å²) < 4.78 is 19.1. The maximum absolute atomic E-state index is 13.6. The van der Waals surface area contributed by atoms with Gasteiger partial charge in [-0.05, 0) is 69.7 Å². The van der Waals surface area contributed by atoms with E-state index < -0.39 is 0 Å². The number of carbonyl (C=O) groups excluding carboxylic acids is 1. The fourth-order valence-electron chi connectivity index (χ4n) is 3.22. The van der Waals surface area contributed by atoms with Crippen LogP contribution in [0.5, 0.6) is 0 Å². The molecule has 2 heterocycles. The number of halogens is 1. The predicted molar refractivity (Wildman–Crippen MR) is 90.2 cm³/mol. The van der Waals surface area contributed by atoms with Crippen molar-refractivity contribution in [2.75, 3.05) is 20.1 Å². The summed E-state index contributed by atoms with van der Waals surface area (Å²) in [5.74, 6) is 0.236. The summed E-state index contributed by atoms with van der Waals surface area (Å²) in [5, 5.41) is 0. The summed E-state index contributed by atoms with van der Waals surface area (Å²) in [6.45, 7) is 4.16. The lowest BCUT2D eigenvalue weighted by Crippen LogP contribution is -2.46. The molecule has 4 nitrogen and oxygen atoms in total. The molecule has 1 aromatic heterocycles. The van der Waals surface area contributed by atoms with Crippen molar-refractivity contribution in [3.63, 3.8) is 0 Å². The number of likely N-dealkylation sites (tertiary alicyclic amines) is 1. The van der Waals surface area contributed by atoms with E-state index in [9.17, 15) is 9.18 Å². The topological polar surface area (TPSA) is 36.7 Å². The van der Waals surface area contributed by atoms with Gasteiger partial charge in [0.15, 0.2) is 0 Å². The smallest absolute Gasteiger partial charge is 0.254 e. The minimum Gasteiger partial charge on any atom is -0.467 e. The Morgan fingerprint density at radius 3 is 2.75 bits per heavy atom. The number of benzene rings is 1. The zero-order valence-electron chi connectivity index (χ0n) is 14.2. The molecule has 0 bridgehead atoms. The van der Waals surface area contributed by atoms with Crippen molar-refractivity contribution < 1.29 is 13.6 Å².